The first-order valence-corrected chi connectivity index (χ1v) is 7.62. The van der Waals surface area contributed by atoms with Gasteiger partial charge in [0.25, 0.3) is 0 Å². The van der Waals surface area contributed by atoms with Gasteiger partial charge in [-0.15, -0.1) is 0 Å². The second-order valence-corrected chi connectivity index (χ2v) is 7.90. The summed E-state index contributed by atoms with van der Waals surface area (Å²) in [6, 6.07) is 0. The molecule has 0 aromatic carbocycles. The summed E-state index contributed by atoms with van der Waals surface area (Å²) in [4.78, 5) is 11.0. The van der Waals surface area contributed by atoms with Crippen LogP contribution in [0.5, 0.6) is 0 Å². The third-order valence-corrected chi connectivity index (χ3v) is 1.86. The standard InChI is InChI=1S/C8H18N2O.C8H18N2/c1-6(2)7(11)9-10-8(3,4)5;1-7(2)6-9-10-8(3,4)5/h6,10H,1-5H3,(H,9,11);6-7,10H,1-5H3/b;9-6-. The molecule has 0 heterocycles. The first-order chi connectivity index (χ1) is 9.24. The third-order valence-electron chi connectivity index (χ3n) is 1.86. The first-order valence-electron chi connectivity index (χ1n) is 7.62. The van der Waals surface area contributed by atoms with Crippen molar-refractivity contribution in [2.75, 3.05) is 0 Å². The number of hydrogen-bond acceptors (Lipinski definition) is 4. The number of hydrazine groups is 1. The van der Waals surface area contributed by atoms with Gasteiger partial charge in [-0.1, -0.05) is 27.7 Å². The fraction of sp³-hybridized carbons (Fsp3) is 0.875. The Morgan fingerprint density at radius 3 is 1.71 bits per heavy atom. The Morgan fingerprint density at radius 2 is 1.43 bits per heavy atom. The summed E-state index contributed by atoms with van der Waals surface area (Å²) in [5, 5.41) is 4.07. The van der Waals surface area contributed by atoms with Crippen molar-refractivity contribution in [2.45, 2.75) is 80.3 Å². The lowest BCUT2D eigenvalue weighted by molar-refractivity contribution is -0.125. The highest BCUT2D eigenvalue weighted by molar-refractivity contribution is 5.77. The van der Waals surface area contributed by atoms with Gasteiger partial charge in [-0.25, -0.2) is 5.43 Å². The SMILES string of the molecule is CC(C)/C=N\NC(C)(C)C.CC(C)C(=O)NNC(C)(C)C. The van der Waals surface area contributed by atoms with Gasteiger partial charge in [0.05, 0.1) is 0 Å². The summed E-state index contributed by atoms with van der Waals surface area (Å²) in [7, 11) is 0. The fourth-order valence-electron chi connectivity index (χ4n) is 0.773. The van der Waals surface area contributed by atoms with Crippen LogP contribution in [-0.4, -0.2) is 23.2 Å². The Morgan fingerprint density at radius 1 is 0.952 bits per heavy atom. The van der Waals surface area contributed by atoms with Crippen LogP contribution in [0.2, 0.25) is 0 Å². The first kappa shape index (κ1) is 22.2. The van der Waals surface area contributed by atoms with Crippen molar-refractivity contribution in [3.05, 3.63) is 0 Å². The smallest absolute Gasteiger partial charge is 0.236 e. The molecule has 0 radical (unpaired) electrons. The van der Waals surface area contributed by atoms with E-state index in [1.54, 1.807) is 0 Å². The van der Waals surface area contributed by atoms with Crippen LogP contribution in [0.4, 0.5) is 0 Å². The highest BCUT2D eigenvalue weighted by Crippen LogP contribution is 1.97. The van der Waals surface area contributed by atoms with Gasteiger partial charge >= 0.3 is 0 Å². The molecule has 0 fully saturated rings. The lowest BCUT2D eigenvalue weighted by Crippen LogP contribution is -2.49. The van der Waals surface area contributed by atoms with Crippen LogP contribution < -0.4 is 16.3 Å². The number of rotatable bonds is 4. The van der Waals surface area contributed by atoms with Crippen molar-refractivity contribution in [1.29, 1.82) is 0 Å². The molecular formula is C16H36N4O. The van der Waals surface area contributed by atoms with Gasteiger partial charge in [-0.3, -0.25) is 10.2 Å². The number of amides is 1. The molecule has 0 atom stereocenters. The minimum atomic E-state index is -0.0649. The summed E-state index contributed by atoms with van der Waals surface area (Å²) in [6.45, 7) is 20.2. The Kier molecular flexibility index (Phi) is 10.3. The van der Waals surface area contributed by atoms with Crippen LogP contribution in [0.25, 0.3) is 0 Å². The van der Waals surface area contributed by atoms with E-state index in [4.69, 9.17) is 0 Å². The lowest BCUT2D eigenvalue weighted by Gasteiger charge is -2.21. The molecule has 5 nitrogen and oxygen atoms in total. The molecule has 5 heteroatoms. The zero-order valence-electron chi connectivity index (χ0n) is 15.6. The van der Waals surface area contributed by atoms with Crippen LogP contribution in [-0.2, 0) is 4.79 Å². The lowest BCUT2D eigenvalue weighted by atomic mass is 10.1. The average Bonchev–Trinajstić information content (AvgIpc) is 2.23. The summed E-state index contributed by atoms with van der Waals surface area (Å²) >= 11 is 0. The Bertz CT molecular complexity index is 309. The number of carbonyl (C=O) groups is 1. The van der Waals surface area contributed by atoms with Gasteiger partial charge in [0.2, 0.25) is 5.91 Å². The van der Waals surface area contributed by atoms with Crippen LogP contribution in [0.1, 0.15) is 69.2 Å². The minimum Gasteiger partial charge on any atom is -0.305 e. The van der Waals surface area contributed by atoms with E-state index >= 15 is 0 Å². The Balaban J connectivity index is 0. The molecule has 0 aliphatic heterocycles. The number of hydrogen-bond donors (Lipinski definition) is 3. The van der Waals surface area contributed by atoms with Gasteiger partial charge in [0, 0.05) is 23.2 Å². The highest BCUT2D eigenvalue weighted by Gasteiger charge is 2.12. The molecule has 0 unspecified atom stereocenters. The number of hydrazone groups is 1. The minimum absolute atomic E-state index is 0.0277. The summed E-state index contributed by atoms with van der Waals surface area (Å²) < 4.78 is 0. The predicted octanol–water partition coefficient (Wildman–Crippen LogP) is 3.08. The van der Waals surface area contributed by atoms with Crippen molar-refractivity contribution in [2.24, 2.45) is 16.9 Å². The quantitative estimate of drug-likeness (QED) is 0.552. The molecule has 3 N–H and O–H groups in total. The molecule has 1 amide bonds. The van der Waals surface area contributed by atoms with E-state index in [2.05, 4.69) is 56.0 Å². The summed E-state index contributed by atoms with van der Waals surface area (Å²) in [5.74, 6) is 0.583. The van der Waals surface area contributed by atoms with E-state index in [1.165, 1.54) is 0 Å². The van der Waals surface area contributed by atoms with Crippen LogP contribution in [0, 0.1) is 11.8 Å². The highest BCUT2D eigenvalue weighted by atomic mass is 16.2. The van der Waals surface area contributed by atoms with Gasteiger partial charge in [-0.2, -0.15) is 5.10 Å². The Labute approximate surface area is 131 Å². The van der Waals surface area contributed by atoms with Crippen LogP contribution in [0.15, 0.2) is 5.10 Å². The molecule has 0 aromatic heterocycles. The number of nitrogens with zero attached hydrogens (tertiary/aromatic N) is 1. The van der Waals surface area contributed by atoms with Crippen molar-refractivity contribution in [3.63, 3.8) is 0 Å². The molecule has 0 aliphatic carbocycles. The molecule has 0 saturated carbocycles. The summed E-state index contributed by atoms with van der Waals surface area (Å²) in [6.07, 6.45) is 1.91. The maximum Gasteiger partial charge on any atom is 0.236 e. The molecule has 126 valence electrons. The average molecular weight is 300 g/mol. The molecule has 0 bridgehead atoms. The molecule has 0 saturated heterocycles. The zero-order chi connectivity index (χ0) is 17.3. The van der Waals surface area contributed by atoms with E-state index in [-0.39, 0.29) is 22.9 Å². The normalized spacial score (nSPS) is 12.4. The van der Waals surface area contributed by atoms with Crippen LogP contribution in [0.3, 0.4) is 0 Å². The fourth-order valence-corrected chi connectivity index (χ4v) is 0.773. The maximum atomic E-state index is 11.0. The van der Waals surface area contributed by atoms with E-state index in [9.17, 15) is 4.79 Å². The number of carbonyl (C=O) groups excluding carboxylic acids is 1. The van der Waals surface area contributed by atoms with Gasteiger partial charge in [0.1, 0.15) is 0 Å². The van der Waals surface area contributed by atoms with Crippen molar-refractivity contribution >= 4 is 12.1 Å². The third kappa shape index (κ3) is 21.4. The molecule has 0 aromatic rings. The monoisotopic (exact) mass is 300 g/mol. The van der Waals surface area contributed by atoms with Crippen molar-refractivity contribution in [3.8, 4) is 0 Å². The largest absolute Gasteiger partial charge is 0.305 e. The van der Waals surface area contributed by atoms with Crippen molar-refractivity contribution in [1.82, 2.24) is 16.3 Å². The van der Waals surface area contributed by atoms with Gasteiger partial charge in [0.15, 0.2) is 0 Å². The topological polar surface area (TPSA) is 65.5 Å². The molecule has 0 rings (SSSR count). The summed E-state index contributed by atoms with van der Waals surface area (Å²) in [5.41, 5.74) is 8.58. The van der Waals surface area contributed by atoms with Crippen molar-refractivity contribution < 1.29 is 4.79 Å². The van der Waals surface area contributed by atoms with Crippen LogP contribution >= 0.6 is 0 Å². The Hall–Kier alpha value is -1.10. The van der Waals surface area contributed by atoms with E-state index in [0.29, 0.717) is 5.92 Å². The molecule has 0 spiro atoms. The second kappa shape index (κ2) is 9.77. The predicted molar refractivity (Wildman–Crippen MR) is 92.1 cm³/mol. The maximum absolute atomic E-state index is 11.0. The van der Waals surface area contributed by atoms with E-state index in [1.807, 2.05) is 40.8 Å². The molecule has 0 aliphatic rings. The van der Waals surface area contributed by atoms with Gasteiger partial charge < -0.3 is 5.43 Å². The van der Waals surface area contributed by atoms with Gasteiger partial charge in [-0.05, 0) is 47.5 Å². The number of nitrogens with one attached hydrogen (secondary N) is 3. The van der Waals surface area contributed by atoms with E-state index < -0.39 is 0 Å². The molecular weight excluding hydrogens is 264 g/mol. The molecule has 21 heavy (non-hydrogen) atoms. The van der Waals surface area contributed by atoms with E-state index in [0.717, 1.165) is 0 Å². The zero-order valence-corrected chi connectivity index (χ0v) is 15.6. The second-order valence-electron chi connectivity index (χ2n) is 7.90.